The SMILES string of the molecule is CC.COc1ccc(C(C)N2CCN(c3ccc(Br)c(OC)n3)CC2)cc1OC. The highest BCUT2D eigenvalue weighted by Crippen LogP contribution is 2.32. The second-order valence-corrected chi connectivity index (χ2v) is 7.33. The summed E-state index contributed by atoms with van der Waals surface area (Å²) in [6, 6.07) is 10.5. The van der Waals surface area contributed by atoms with E-state index >= 15 is 0 Å². The molecular formula is C22H32BrN3O3. The Morgan fingerprint density at radius 3 is 2.14 bits per heavy atom. The summed E-state index contributed by atoms with van der Waals surface area (Å²) in [5.74, 6) is 3.10. The molecule has 3 rings (SSSR count). The predicted octanol–water partition coefficient (Wildman–Crippen LogP) is 4.78. The molecule has 2 heterocycles. The summed E-state index contributed by atoms with van der Waals surface area (Å²) in [6.45, 7) is 10.0. The van der Waals surface area contributed by atoms with Crippen LogP contribution in [-0.2, 0) is 0 Å². The van der Waals surface area contributed by atoms with Gasteiger partial charge >= 0.3 is 0 Å². The molecule has 6 nitrogen and oxygen atoms in total. The fourth-order valence-electron chi connectivity index (χ4n) is 3.39. The molecule has 1 unspecified atom stereocenters. The van der Waals surface area contributed by atoms with Crippen molar-refractivity contribution in [3.63, 3.8) is 0 Å². The van der Waals surface area contributed by atoms with Crippen LogP contribution in [0.2, 0.25) is 0 Å². The molecule has 0 bridgehead atoms. The molecule has 7 heteroatoms. The van der Waals surface area contributed by atoms with Gasteiger partial charge in [0.25, 0.3) is 0 Å². The van der Waals surface area contributed by atoms with E-state index in [2.05, 4.69) is 49.8 Å². The average molecular weight is 466 g/mol. The first-order valence-corrected chi connectivity index (χ1v) is 10.8. The number of anilines is 1. The van der Waals surface area contributed by atoms with Gasteiger partial charge in [-0.3, -0.25) is 4.90 Å². The van der Waals surface area contributed by atoms with Gasteiger partial charge in [0.15, 0.2) is 11.5 Å². The molecule has 160 valence electrons. The zero-order valence-corrected chi connectivity index (χ0v) is 19.8. The van der Waals surface area contributed by atoms with E-state index in [1.807, 2.05) is 32.0 Å². The van der Waals surface area contributed by atoms with E-state index in [4.69, 9.17) is 14.2 Å². The van der Waals surface area contributed by atoms with Crippen LogP contribution in [0.3, 0.4) is 0 Å². The zero-order chi connectivity index (χ0) is 21.4. The molecule has 1 aliphatic heterocycles. The van der Waals surface area contributed by atoms with E-state index in [1.54, 1.807) is 21.3 Å². The third-order valence-electron chi connectivity index (χ3n) is 5.07. The second-order valence-electron chi connectivity index (χ2n) is 6.47. The Morgan fingerprint density at radius 1 is 0.897 bits per heavy atom. The highest BCUT2D eigenvalue weighted by molar-refractivity contribution is 9.10. The number of hydrogen-bond acceptors (Lipinski definition) is 6. The molecule has 0 radical (unpaired) electrons. The molecule has 0 amide bonds. The minimum absolute atomic E-state index is 0.305. The molecule has 1 aromatic heterocycles. The Labute approximate surface area is 182 Å². The maximum Gasteiger partial charge on any atom is 0.229 e. The number of hydrogen-bond donors (Lipinski definition) is 0. The van der Waals surface area contributed by atoms with Crippen LogP contribution in [0.25, 0.3) is 0 Å². The smallest absolute Gasteiger partial charge is 0.229 e. The lowest BCUT2D eigenvalue weighted by Gasteiger charge is -2.38. The average Bonchev–Trinajstić information content (AvgIpc) is 2.79. The first-order valence-electron chi connectivity index (χ1n) is 9.98. The van der Waals surface area contributed by atoms with Gasteiger partial charge in [-0.05, 0) is 52.7 Å². The first-order chi connectivity index (χ1) is 14.1. The fourth-order valence-corrected chi connectivity index (χ4v) is 3.78. The quantitative estimate of drug-likeness (QED) is 0.611. The summed E-state index contributed by atoms with van der Waals surface area (Å²) in [7, 11) is 4.97. The first kappa shape index (κ1) is 23.3. The minimum atomic E-state index is 0.305. The predicted molar refractivity (Wildman–Crippen MR) is 122 cm³/mol. The summed E-state index contributed by atoms with van der Waals surface area (Å²) >= 11 is 3.46. The lowest BCUT2D eigenvalue weighted by atomic mass is 10.1. The van der Waals surface area contributed by atoms with Gasteiger partial charge in [0.2, 0.25) is 5.88 Å². The maximum absolute atomic E-state index is 5.45. The van der Waals surface area contributed by atoms with Gasteiger partial charge in [-0.25, -0.2) is 0 Å². The summed E-state index contributed by atoms with van der Waals surface area (Å²) in [4.78, 5) is 9.37. The number of ether oxygens (including phenoxy) is 3. The molecule has 1 aromatic carbocycles. The van der Waals surface area contributed by atoms with E-state index in [9.17, 15) is 0 Å². The molecule has 1 aliphatic rings. The Kier molecular flexibility index (Phi) is 9.04. The van der Waals surface area contributed by atoms with Gasteiger partial charge in [-0.1, -0.05) is 19.9 Å². The molecule has 0 saturated carbocycles. The summed E-state index contributed by atoms with van der Waals surface area (Å²) < 4.78 is 17.0. The van der Waals surface area contributed by atoms with Crippen molar-refractivity contribution in [3.05, 3.63) is 40.4 Å². The fraction of sp³-hybridized carbons (Fsp3) is 0.500. The topological polar surface area (TPSA) is 47.1 Å². The monoisotopic (exact) mass is 465 g/mol. The number of rotatable bonds is 6. The van der Waals surface area contributed by atoms with Crippen molar-refractivity contribution >= 4 is 21.7 Å². The summed E-state index contributed by atoms with van der Waals surface area (Å²) in [5, 5.41) is 0. The van der Waals surface area contributed by atoms with Crippen LogP contribution in [-0.4, -0.2) is 57.4 Å². The van der Waals surface area contributed by atoms with Crippen molar-refractivity contribution in [1.29, 1.82) is 0 Å². The number of benzene rings is 1. The maximum atomic E-state index is 5.45. The molecule has 0 spiro atoms. The number of aromatic nitrogens is 1. The molecule has 1 saturated heterocycles. The van der Waals surface area contributed by atoms with Crippen LogP contribution in [0.5, 0.6) is 17.4 Å². The van der Waals surface area contributed by atoms with Crippen LogP contribution in [0.1, 0.15) is 32.4 Å². The van der Waals surface area contributed by atoms with E-state index in [-0.39, 0.29) is 0 Å². The van der Waals surface area contributed by atoms with Crippen molar-refractivity contribution in [2.45, 2.75) is 26.8 Å². The van der Waals surface area contributed by atoms with Crippen LogP contribution in [0.4, 0.5) is 5.82 Å². The van der Waals surface area contributed by atoms with Gasteiger partial charge in [0.05, 0.1) is 25.8 Å². The number of methoxy groups -OCH3 is 3. The summed E-state index contributed by atoms with van der Waals surface area (Å²) in [5.41, 5.74) is 1.23. The van der Waals surface area contributed by atoms with Gasteiger partial charge in [0, 0.05) is 32.2 Å². The molecule has 1 atom stereocenters. The summed E-state index contributed by atoms with van der Waals surface area (Å²) in [6.07, 6.45) is 0. The number of nitrogens with zero attached hydrogens (tertiary/aromatic N) is 3. The molecular weight excluding hydrogens is 434 g/mol. The molecule has 29 heavy (non-hydrogen) atoms. The molecule has 0 N–H and O–H groups in total. The Hall–Kier alpha value is -1.99. The van der Waals surface area contributed by atoms with Crippen molar-refractivity contribution in [3.8, 4) is 17.4 Å². The van der Waals surface area contributed by atoms with E-state index < -0.39 is 0 Å². The second kappa shape index (κ2) is 11.3. The standard InChI is InChI=1S/C20H26BrN3O3.C2H6/c1-14(15-5-7-17(25-2)18(13-15)26-3)23-9-11-24(12-10-23)19-8-6-16(21)20(22-19)27-4;1-2/h5-8,13-14H,9-12H2,1-4H3;1-2H3. The van der Waals surface area contributed by atoms with Crippen LogP contribution in [0, 0.1) is 0 Å². The van der Waals surface area contributed by atoms with Crippen LogP contribution >= 0.6 is 15.9 Å². The van der Waals surface area contributed by atoms with E-state index in [0.717, 1.165) is 48.0 Å². The third kappa shape index (κ3) is 5.54. The zero-order valence-electron chi connectivity index (χ0n) is 18.2. The lowest BCUT2D eigenvalue weighted by molar-refractivity contribution is 0.197. The van der Waals surface area contributed by atoms with Crippen molar-refractivity contribution in [1.82, 2.24) is 9.88 Å². The van der Waals surface area contributed by atoms with Crippen LogP contribution < -0.4 is 19.1 Å². The van der Waals surface area contributed by atoms with Crippen molar-refractivity contribution < 1.29 is 14.2 Å². The largest absolute Gasteiger partial charge is 0.493 e. The molecule has 0 aliphatic carbocycles. The van der Waals surface area contributed by atoms with Gasteiger partial charge < -0.3 is 19.1 Å². The minimum Gasteiger partial charge on any atom is -0.493 e. The van der Waals surface area contributed by atoms with Gasteiger partial charge in [0.1, 0.15) is 5.82 Å². The normalized spacial score (nSPS) is 15.2. The lowest BCUT2D eigenvalue weighted by Crippen LogP contribution is -2.47. The molecule has 2 aromatic rings. The number of piperazine rings is 1. The van der Waals surface area contributed by atoms with E-state index in [1.165, 1.54) is 5.56 Å². The molecule has 1 fully saturated rings. The van der Waals surface area contributed by atoms with Crippen LogP contribution in [0.15, 0.2) is 34.8 Å². The Balaban J connectivity index is 0.00000145. The van der Waals surface area contributed by atoms with Crippen molar-refractivity contribution in [2.24, 2.45) is 0 Å². The highest BCUT2D eigenvalue weighted by Gasteiger charge is 2.24. The van der Waals surface area contributed by atoms with Gasteiger partial charge in [-0.15, -0.1) is 0 Å². The Bertz CT molecular complexity index is 780. The number of pyridine rings is 1. The highest BCUT2D eigenvalue weighted by atomic mass is 79.9. The van der Waals surface area contributed by atoms with E-state index in [0.29, 0.717) is 11.9 Å². The van der Waals surface area contributed by atoms with Gasteiger partial charge in [-0.2, -0.15) is 4.98 Å². The Morgan fingerprint density at radius 2 is 1.55 bits per heavy atom. The number of halogens is 1. The third-order valence-corrected chi connectivity index (χ3v) is 5.67. The van der Waals surface area contributed by atoms with Crippen molar-refractivity contribution in [2.75, 3.05) is 52.4 Å².